The summed E-state index contributed by atoms with van der Waals surface area (Å²) in [5, 5.41) is 3.88. The van der Waals surface area contributed by atoms with E-state index >= 15 is 0 Å². The fourth-order valence-corrected chi connectivity index (χ4v) is 1.33. The zero-order valence-corrected chi connectivity index (χ0v) is 5.69. The van der Waals surface area contributed by atoms with Crippen molar-refractivity contribution in [3.63, 3.8) is 0 Å². The lowest BCUT2D eigenvalue weighted by Gasteiger charge is -2.04. The van der Waals surface area contributed by atoms with E-state index in [0.717, 1.165) is 23.7 Å². The second-order valence-corrected chi connectivity index (χ2v) is 2.56. The Kier molecular flexibility index (Phi) is 0.711. The molecule has 3 rings (SSSR count). The molecule has 1 aromatic heterocycles. The Morgan fingerprint density at radius 1 is 1.55 bits per heavy atom. The summed E-state index contributed by atoms with van der Waals surface area (Å²) in [6, 6.07) is 0. The van der Waals surface area contributed by atoms with Gasteiger partial charge in [-0.2, -0.15) is 0 Å². The summed E-state index contributed by atoms with van der Waals surface area (Å²) in [5.41, 5.74) is 0.924. The molecule has 0 N–H and O–H groups in total. The summed E-state index contributed by atoms with van der Waals surface area (Å²) in [7, 11) is 0. The van der Waals surface area contributed by atoms with Crippen molar-refractivity contribution in [1.29, 1.82) is 0 Å². The molecule has 11 heavy (non-hydrogen) atoms. The van der Waals surface area contributed by atoms with E-state index in [1.54, 1.807) is 6.20 Å². The lowest BCUT2D eigenvalue weighted by Crippen LogP contribution is -2.09. The molecule has 54 valence electrons. The zero-order valence-electron chi connectivity index (χ0n) is 5.69. The van der Waals surface area contributed by atoms with Crippen LogP contribution >= 0.6 is 0 Å². The van der Waals surface area contributed by atoms with E-state index in [4.69, 9.17) is 4.84 Å². The fourth-order valence-electron chi connectivity index (χ4n) is 1.33. The van der Waals surface area contributed by atoms with Crippen LogP contribution in [-0.2, 0) is 4.84 Å². The predicted octanol–water partition coefficient (Wildman–Crippen LogP) is 0.819. The lowest BCUT2D eigenvalue weighted by molar-refractivity contribution is 0.247. The highest BCUT2D eigenvalue weighted by atomic mass is 16.6. The van der Waals surface area contributed by atoms with Gasteiger partial charge in [0.05, 0.1) is 12.6 Å². The summed E-state index contributed by atoms with van der Waals surface area (Å²) < 4.78 is 1.92. The van der Waals surface area contributed by atoms with Crippen molar-refractivity contribution in [2.45, 2.75) is 6.42 Å². The first-order chi connectivity index (χ1) is 5.43. The van der Waals surface area contributed by atoms with Crippen LogP contribution in [0.4, 0.5) is 0 Å². The van der Waals surface area contributed by atoms with Crippen LogP contribution in [0.2, 0.25) is 0 Å². The van der Waals surface area contributed by atoms with E-state index in [2.05, 4.69) is 10.1 Å². The summed E-state index contributed by atoms with van der Waals surface area (Å²) in [6.07, 6.45) is 6.34. The Hall–Kier alpha value is -1.58. The highest BCUT2D eigenvalue weighted by molar-refractivity contribution is 6.01. The number of nitrogens with zero attached hydrogens (tertiary/aromatic N) is 3. The first-order valence-electron chi connectivity index (χ1n) is 3.41. The van der Waals surface area contributed by atoms with Gasteiger partial charge in [-0.05, 0) is 0 Å². The van der Waals surface area contributed by atoms with Crippen molar-refractivity contribution in [3.05, 3.63) is 24.0 Å². The Bertz CT molecular complexity index is 375. The van der Waals surface area contributed by atoms with E-state index in [1.165, 1.54) is 0 Å². The Morgan fingerprint density at radius 2 is 2.55 bits per heavy atom. The fraction of sp³-hybridized carbons (Fsp3) is 0.143. The van der Waals surface area contributed by atoms with Gasteiger partial charge >= 0.3 is 0 Å². The summed E-state index contributed by atoms with van der Waals surface area (Å²) >= 11 is 0. The Morgan fingerprint density at radius 3 is 3.55 bits per heavy atom. The number of rotatable bonds is 0. The van der Waals surface area contributed by atoms with Crippen LogP contribution in [-0.4, -0.2) is 15.3 Å². The van der Waals surface area contributed by atoms with Gasteiger partial charge in [0, 0.05) is 12.4 Å². The molecule has 0 saturated carbocycles. The van der Waals surface area contributed by atoms with Crippen LogP contribution in [0.5, 0.6) is 0 Å². The van der Waals surface area contributed by atoms with E-state index in [-0.39, 0.29) is 0 Å². The number of hydrogen-bond acceptors (Lipinski definition) is 3. The van der Waals surface area contributed by atoms with Crippen LogP contribution in [0, 0.1) is 0 Å². The maximum atomic E-state index is 5.01. The van der Waals surface area contributed by atoms with Crippen molar-refractivity contribution in [1.82, 2.24) is 9.55 Å². The molecule has 0 unspecified atom stereocenters. The highest BCUT2D eigenvalue weighted by Crippen LogP contribution is 2.24. The van der Waals surface area contributed by atoms with Gasteiger partial charge in [0.25, 0.3) is 0 Å². The van der Waals surface area contributed by atoms with Crippen molar-refractivity contribution in [2.75, 3.05) is 0 Å². The molecule has 0 radical (unpaired) electrons. The topological polar surface area (TPSA) is 39.4 Å². The first kappa shape index (κ1) is 5.12. The molecule has 0 amide bonds. The predicted molar refractivity (Wildman–Crippen MR) is 38.7 cm³/mol. The molecule has 0 aromatic carbocycles. The maximum absolute atomic E-state index is 5.01. The van der Waals surface area contributed by atoms with Crippen LogP contribution in [0.1, 0.15) is 12.2 Å². The Labute approximate surface area is 62.8 Å². The SMILES string of the molecule is C1=C2CC(=NO2)c2nccn21. The summed E-state index contributed by atoms with van der Waals surface area (Å²) in [5.74, 6) is 1.79. The molecule has 2 bridgehead atoms. The number of aromatic nitrogens is 2. The third-order valence-corrected chi connectivity index (χ3v) is 1.82. The molecular weight excluding hydrogens is 142 g/mol. The third kappa shape index (κ3) is 0.537. The van der Waals surface area contributed by atoms with Gasteiger partial charge in [-0.3, -0.25) is 0 Å². The van der Waals surface area contributed by atoms with Gasteiger partial charge < -0.3 is 9.40 Å². The van der Waals surface area contributed by atoms with Gasteiger partial charge in [0.15, 0.2) is 11.6 Å². The molecule has 0 aliphatic carbocycles. The average Bonchev–Trinajstić information content (AvgIpc) is 2.58. The minimum absolute atomic E-state index is 0.789. The van der Waals surface area contributed by atoms with Crippen LogP contribution in [0.3, 0.4) is 0 Å². The van der Waals surface area contributed by atoms with Gasteiger partial charge in [-0.1, -0.05) is 5.16 Å². The minimum Gasteiger partial charge on any atom is -0.359 e. The van der Waals surface area contributed by atoms with Gasteiger partial charge in [0.2, 0.25) is 0 Å². The molecule has 0 fully saturated rings. The summed E-state index contributed by atoms with van der Waals surface area (Å²) in [6.45, 7) is 0. The largest absolute Gasteiger partial charge is 0.359 e. The molecule has 1 aromatic rings. The molecule has 0 spiro atoms. The highest BCUT2D eigenvalue weighted by Gasteiger charge is 2.24. The summed E-state index contributed by atoms with van der Waals surface area (Å²) in [4.78, 5) is 9.15. The van der Waals surface area contributed by atoms with E-state index in [1.807, 2.05) is 17.0 Å². The van der Waals surface area contributed by atoms with Gasteiger partial charge in [0.1, 0.15) is 5.71 Å². The molecular formula is C7H5N3O. The molecule has 2 aliphatic heterocycles. The molecule has 2 aliphatic rings. The number of oxime groups is 1. The number of imidazole rings is 1. The first-order valence-corrected chi connectivity index (χ1v) is 3.41. The van der Waals surface area contributed by atoms with Crippen molar-refractivity contribution in [2.24, 2.45) is 5.16 Å². The lowest BCUT2D eigenvalue weighted by atomic mass is 10.2. The maximum Gasteiger partial charge on any atom is 0.162 e. The normalized spacial score (nSPS) is 18.5. The number of allylic oxidation sites excluding steroid dienone is 1. The van der Waals surface area contributed by atoms with E-state index < -0.39 is 0 Å². The zero-order chi connectivity index (χ0) is 7.26. The second kappa shape index (κ2) is 1.53. The van der Waals surface area contributed by atoms with Crippen molar-refractivity contribution >= 4 is 11.9 Å². The average molecular weight is 147 g/mol. The van der Waals surface area contributed by atoms with Crippen molar-refractivity contribution in [3.8, 4) is 0 Å². The number of fused-ring (bicyclic) bond motifs is 4. The third-order valence-electron chi connectivity index (χ3n) is 1.82. The minimum atomic E-state index is 0.789. The standard InChI is InChI=1S/C7H5N3O/c1-2-10-4-5-3-6(9-11-5)7(10)8-1/h1-2,4H,3H2. The van der Waals surface area contributed by atoms with Crippen LogP contribution in [0.15, 0.2) is 23.3 Å². The second-order valence-electron chi connectivity index (χ2n) is 2.56. The quantitative estimate of drug-likeness (QED) is 0.545. The molecule has 4 nitrogen and oxygen atoms in total. The molecule has 0 saturated heterocycles. The molecule has 4 heteroatoms. The smallest absolute Gasteiger partial charge is 0.162 e. The molecule has 3 heterocycles. The number of hydrogen-bond donors (Lipinski definition) is 0. The van der Waals surface area contributed by atoms with Crippen molar-refractivity contribution < 1.29 is 4.84 Å². The molecule has 0 atom stereocenters. The van der Waals surface area contributed by atoms with Crippen LogP contribution < -0.4 is 0 Å². The van der Waals surface area contributed by atoms with E-state index in [9.17, 15) is 0 Å². The van der Waals surface area contributed by atoms with E-state index in [0.29, 0.717) is 0 Å². The van der Waals surface area contributed by atoms with Gasteiger partial charge in [-0.15, -0.1) is 0 Å². The van der Waals surface area contributed by atoms with Crippen LogP contribution in [0.25, 0.3) is 6.20 Å². The Balaban J connectivity index is 2.36. The monoisotopic (exact) mass is 147 g/mol. The van der Waals surface area contributed by atoms with Gasteiger partial charge in [-0.25, -0.2) is 4.98 Å².